The molecule has 0 unspecified atom stereocenters. The van der Waals surface area contributed by atoms with Crippen molar-refractivity contribution in [1.29, 1.82) is 0 Å². The second-order valence-electron chi connectivity index (χ2n) is 12.3. The first-order chi connectivity index (χ1) is 22.8. The molecule has 0 bridgehead atoms. The predicted octanol–water partition coefficient (Wildman–Crippen LogP) is 0.618. The first-order valence-electron chi connectivity index (χ1n) is 16.2. The molecule has 0 radical (unpaired) electrons. The van der Waals surface area contributed by atoms with E-state index in [1.165, 1.54) is 18.3 Å². The molecule has 262 valence electrons. The molecule has 2 heterocycles. The van der Waals surface area contributed by atoms with Gasteiger partial charge in [-0.05, 0) is 50.2 Å². The Labute approximate surface area is 283 Å². The fourth-order valence-corrected chi connectivity index (χ4v) is 6.24. The van der Waals surface area contributed by atoms with Crippen LogP contribution in [0.25, 0.3) is 10.2 Å². The normalized spacial score (nSPS) is 20.3. The molecule has 1 fully saturated rings. The lowest BCUT2D eigenvalue weighted by molar-refractivity contribution is -0.135. The Morgan fingerprint density at radius 2 is 1.81 bits per heavy atom. The number of aromatic nitrogens is 1. The number of carbonyl (C=O) groups is 6. The fourth-order valence-electron chi connectivity index (χ4n) is 5.28. The van der Waals surface area contributed by atoms with Crippen LogP contribution in [0.5, 0.6) is 0 Å². The third-order valence-electron chi connectivity index (χ3n) is 7.63. The van der Waals surface area contributed by atoms with E-state index in [2.05, 4.69) is 36.6 Å². The van der Waals surface area contributed by atoms with Gasteiger partial charge in [-0.2, -0.15) is 0 Å². The number of hydrogen-bond acceptors (Lipinski definition) is 9. The van der Waals surface area contributed by atoms with Gasteiger partial charge in [0.05, 0.1) is 22.7 Å². The molecule has 0 aliphatic carbocycles. The van der Waals surface area contributed by atoms with E-state index in [-0.39, 0.29) is 54.9 Å². The average Bonchev–Trinajstić information content (AvgIpc) is 3.45. The zero-order valence-electron chi connectivity index (χ0n) is 27.7. The van der Waals surface area contributed by atoms with Crippen LogP contribution in [0.4, 0.5) is 0 Å². The van der Waals surface area contributed by atoms with Crippen molar-refractivity contribution in [3.63, 3.8) is 0 Å². The Morgan fingerprint density at radius 1 is 1.06 bits per heavy atom. The van der Waals surface area contributed by atoms with Crippen molar-refractivity contribution in [2.24, 2.45) is 22.4 Å². The highest BCUT2D eigenvalue weighted by atomic mass is 32.1. The number of nitrogens with one attached hydrogen (secondary N) is 5. The van der Waals surface area contributed by atoms with Gasteiger partial charge in [-0.25, -0.2) is 4.98 Å². The molecule has 0 spiro atoms. The number of amides is 5. The van der Waals surface area contributed by atoms with Crippen LogP contribution in [-0.4, -0.2) is 83.5 Å². The van der Waals surface area contributed by atoms with Crippen molar-refractivity contribution in [2.45, 2.75) is 96.3 Å². The van der Waals surface area contributed by atoms with E-state index in [0.29, 0.717) is 37.7 Å². The molecule has 48 heavy (non-hydrogen) atoms. The quantitative estimate of drug-likeness (QED) is 0.0758. The van der Waals surface area contributed by atoms with Gasteiger partial charge in [0.2, 0.25) is 35.3 Å². The second-order valence-corrected chi connectivity index (χ2v) is 13.3. The maximum Gasteiger partial charge on any atom is 0.243 e. The molecule has 5 amide bonds. The summed E-state index contributed by atoms with van der Waals surface area (Å²) in [6.07, 6.45) is 2.55. The largest absolute Gasteiger partial charge is 0.370 e. The molecule has 9 N–H and O–H groups in total. The molecule has 2 aromatic rings. The number of benzene rings is 1. The van der Waals surface area contributed by atoms with Gasteiger partial charge in [-0.1, -0.05) is 38.8 Å². The number of ketones is 1. The molecule has 4 atom stereocenters. The summed E-state index contributed by atoms with van der Waals surface area (Å²) < 4.78 is 0.829. The predicted molar refractivity (Wildman–Crippen MR) is 183 cm³/mol. The SMILES string of the molecule is CC(=O)N[C@H]1CC(=O)NCCCCC[C@@H](C(=O)N[C@@H](CCCN=C(N)N)C(=O)c2nc3ccccc3s2)NC(=O)[C@H](CC(C)C)NC1=O. The molecule has 1 aromatic heterocycles. The summed E-state index contributed by atoms with van der Waals surface area (Å²) in [5.74, 6) is -3.26. The van der Waals surface area contributed by atoms with Crippen LogP contribution in [0.1, 0.15) is 81.9 Å². The van der Waals surface area contributed by atoms with E-state index in [4.69, 9.17) is 11.5 Å². The highest BCUT2D eigenvalue weighted by Gasteiger charge is 2.33. The van der Waals surface area contributed by atoms with Gasteiger partial charge < -0.3 is 38.1 Å². The van der Waals surface area contributed by atoms with E-state index in [1.807, 2.05) is 32.0 Å². The van der Waals surface area contributed by atoms with Gasteiger partial charge in [0, 0.05) is 20.0 Å². The Bertz CT molecular complexity index is 1460. The number of thiazole rings is 1. The van der Waals surface area contributed by atoms with Crippen LogP contribution >= 0.6 is 11.3 Å². The first-order valence-corrected chi connectivity index (χ1v) is 17.1. The standard InChI is InChI=1S/C32H47N9O6S/c1-18(2)16-23-29(46)39-22(11-5-4-8-14-35-26(43)17-24(30(47)40-23)37-19(3)42)28(45)38-21(12-9-15-36-32(33)34)27(44)31-41-20-10-6-7-13-25(20)48-31/h6-7,10,13,18,21-24H,4-5,8-9,11-12,14-17H2,1-3H3,(H,35,43)(H,37,42)(H,38,45)(H,39,46)(H,40,47)(H4,33,34,36)/t21-,22-,23-,24-/m0/s1. The minimum atomic E-state index is -1.19. The second kappa shape index (κ2) is 18.7. The number of nitrogens with zero attached hydrogens (tertiary/aromatic N) is 2. The summed E-state index contributed by atoms with van der Waals surface area (Å²) in [4.78, 5) is 87.3. The third-order valence-corrected chi connectivity index (χ3v) is 8.68. The van der Waals surface area contributed by atoms with E-state index < -0.39 is 53.7 Å². The number of carbonyl (C=O) groups excluding carboxylic acids is 6. The zero-order valence-corrected chi connectivity index (χ0v) is 28.5. The van der Waals surface area contributed by atoms with E-state index in [9.17, 15) is 28.8 Å². The molecule has 15 nitrogen and oxygen atoms in total. The minimum absolute atomic E-state index is 0.0287. The minimum Gasteiger partial charge on any atom is -0.370 e. The lowest BCUT2D eigenvalue weighted by Gasteiger charge is -2.27. The number of nitrogens with two attached hydrogens (primary N) is 2. The van der Waals surface area contributed by atoms with Crippen LogP contribution < -0.4 is 38.1 Å². The maximum atomic E-state index is 13.9. The topological polar surface area (TPSA) is 240 Å². The smallest absolute Gasteiger partial charge is 0.243 e. The Morgan fingerprint density at radius 3 is 2.50 bits per heavy atom. The fraction of sp³-hybridized carbons (Fsp3) is 0.562. The van der Waals surface area contributed by atoms with Crippen molar-refractivity contribution in [3.8, 4) is 0 Å². The molecule has 0 saturated carbocycles. The van der Waals surface area contributed by atoms with E-state index in [0.717, 1.165) is 4.70 Å². The van der Waals surface area contributed by atoms with Gasteiger partial charge in [0.15, 0.2) is 11.0 Å². The molecular formula is C32H47N9O6S. The van der Waals surface area contributed by atoms with Crippen molar-refractivity contribution >= 4 is 62.8 Å². The van der Waals surface area contributed by atoms with Gasteiger partial charge in [-0.3, -0.25) is 33.8 Å². The van der Waals surface area contributed by atoms with Gasteiger partial charge >= 0.3 is 0 Å². The van der Waals surface area contributed by atoms with E-state index in [1.54, 1.807) is 6.07 Å². The molecule has 3 rings (SSSR count). The Kier molecular flexibility index (Phi) is 14.7. The highest BCUT2D eigenvalue weighted by molar-refractivity contribution is 7.20. The number of aliphatic imine (C=N–C) groups is 1. The molecule has 16 heteroatoms. The molecule has 1 saturated heterocycles. The van der Waals surface area contributed by atoms with Crippen LogP contribution in [0, 0.1) is 5.92 Å². The molecular weight excluding hydrogens is 638 g/mol. The van der Waals surface area contributed by atoms with Crippen LogP contribution in [0.15, 0.2) is 29.3 Å². The molecule has 1 aliphatic heterocycles. The zero-order chi connectivity index (χ0) is 35.2. The summed E-state index contributed by atoms with van der Waals surface area (Å²) in [6, 6.07) is 3.09. The summed E-state index contributed by atoms with van der Waals surface area (Å²) in [5.41, 5.74) is 11.6. The summed E-state index contributed by atoms with van der Waals surface area (Å²) in [7, 11) is 0. The van der Waals surface area contributed by atoms with Crippen LogP contribution in [0.2, 0.25) is 0 Å². The number of fused-ring (bicyclic) bond motifs is 1. The number of para-hydroxylation sites is 1. The third kappa shape index (κ3) is 12.2. The first kappa shape index (κ1) is 37.9. The summed E-state index contributed by atoms with van der Waals surface area (Å²) in [6.45, 7) is 5.56. The van der Waals surface area contributed by atoms with Crippen molar-refractivity contribution < 1.29 is 28.8 Å². The number of hydrogen-bond donors (Lipinski definition) is 7. The number of guanidine groups is 1. The maximum absolute atomic E-state index is 13.9. The summed E-state index contributed by atoms with van der Waals surface area (Å²) >= 11 is 1.23. The van der Waals surface area contributed by atoms with Crippen LogP contribution in [-0.2, 0) is 24.0 Å². The van der Waals surface area contributed by atoms with Crippen molar-refractivity contribution in [2.75, 3.05) is 13.1 Å². The van der Waals surface area contributed by atoms with Gasteiger partial charge in [0.25, 0.3) is 0 Å². The van der Waals surface area contributed by atoms with E-state index >= 15 is 0 Å². The number of Topliss-reactive ketones (excluding diaryl/α,β-unsaturated/α-hetero) is 1. The van der Waals surface area contributed by atoms with Crippen molar-refractivity contribution in [1.82, 2.24) is 31.6 Å². The lowest BCUT2D eigenvalue weighted by atomic mass is 10.0. The van der Waals surface area contributed by atoms with Crippen LogP contribution in [0.3, 0.4) is 0 Å². The Balaban J connectivity index is 1.86. The number of rotatable bonds is 11. The monoisotopic (exact) mass is 685 g/mol. The Hall–Kier alpha value is -4.60. The average molecular weight is 686 g/mol. The lowest BCUT2D eigenvalue weighted by Crippen LogP contribution is -2.58. The van der Waals surface area contributed by atoms with Gasteiger partial charge in [-0.15, -0.1) is 11.3 Å². The molecule has 1 aliphatic rings. The highest BCUT2D eigenvalue weighted by Crippen LogP contribution is 2.23. The van der Waals surface area contributed by atoms with Gasteiger partial charge in [0.1, 0.15) is 18.1 Å². The molecule has 1 aromatic carbocycles. The summed E-state index contributed by atoms with van der Waals surface area (Å²) in [5, 5.41) is 13.8. The van der Waals surface area contributed by atoms with Crippen molar-refractivity contribution in [3.05, 3.63) is 29.3 Å².